The van der Waals surface area contributed by atoms with Crippen LogP contribution >= 0.6 is 11.8 Å². The third kappa shape index (κ3) is 4.67. The molecule has 4 heteroatoms. The molecule has 1 aliphatic rings. The zero-order valence-corrected chi connectivity index (χ0v) is 14.3. The first-order valence-corrected chi connectivity index (χ1v) is 8.79. The van der Waals surface area contributed by atoms with Crippen molar-refractivity contribution in [1.82, 2.24) is 0 Å². The molecule has 0 spiro atoms. The maximum absolute atomic E-state index is 5.87. The fourth-order valence-electron chi connectivity index (χ4n) is 2.11. The Kier molecular flexibility index (Phi) is 5.57. The van der Waals surface area contributed by atoms with Gasteiger partial charge in [-0.1, -0.05) is 31.7 Å². The van der Waals surface area contributed by atoms with Crippen molar-refractivity contribution in [2.24, 2.45) is 4.99 Å². The van der Waals surface area contributed by atoms with Gasteiger partial charge in [-0.2, -0.15) is 0 Å². The van der Waals surface area contributed by atoms with Crippen LogP contribution in [0.5, 0.6) is 5.75 Å². The number of rotatable bonds is 5. The molecule has 2 rings (SSSR count). The van der Waals surface area contributed by atoms with Crippen molar-refractivity contribution in [3.05, 3.63) is 24.3 Å². The highest BCUT2D eigenvalue weighted by molar-refractivity contribution is 8.14. The minimum Gasteiger partial charge on any atom is -0.491 e. The SMILES string of the molecule is CCC(C)Oc1cccc(NC2=NC(C)(CC)CCS2)c1. The van der Waals surface area contributed by atoms with Crippen molar-refractivity contribution in [1.29, 1.82) is 0 Å². The van der Waals surface area contributed by atoms with Gasteiger partial charge in [-0.3, -0.25) is 4.99 Å². The van der Waals surface area contributed by atoms with E-state index in [1.165, 1.54) is 0 Å². The van der Waals surface area contributed by atoms with Crippen LogP contribution in [0.3, 0.4) is 0 Å². The van der Waals surface area contributed by atoms with Crippen molar-refractivity contribution in [3.63, 3.8) is 0 Å². The lowest BCUT2D eigenvalue weighted by Gasteiger charge is -2.29. The standard InChI is InChI=1S/C17H26N2OS/c1-5-13(3)20-15-9-7-8-14(12-15)18-16-19-17(4,6-2)10-11-21-16/h7-9,12-13H,5-6,10-11H2,1-4H3,(H,18,19). The summed E-state index contributed by atoms with van der Waals surface area (Å²) in [5.41, 5.74) is 1.13. The second-order valence-corrected chi connectivity index (χ2v) is 6.94. The molecule has 2 unspecified atom stereocenters. The molecule has 21 heavy (non-hydrogen) atoms. The summed E-state index contributed by atoms with van der Waals surface area (Å²) < 4.78 is 5.87. The van der Waals surface area contributed by atoms with E-state index in [-0.39, 0.29) is 11.6 Å². The van der Waals surface area contributed by atoms with Gasteiger partial charge in [0, 0.05) is 17.5 Å². The Morgan fingerprint density at radius 2 is 2.24 bits per heavy atom. The second kappa shape index (κ2) is 7.21. The monoisotopic (exact) mass is 306 g/mol. The van der Waals surface area contributed by atoms with Crippen molar-refractivity contribution < 1.29 is 4.74 Å². The second-order valence-electron chi connectivity index (χ2n) is 5.86. The van der Waals surface area contributed by atoms with Crippen molar-refractivity contribution >= 4 is 22.6 Å². The van der Waals surface area contributed by atoms with Crippen LogP contribution in [0.4, 0.5) is 5.69 Å². The quantitative estimate of drug-likeness (QED) is 0.836. The third-order valence-electron chi connectivity index (χ3n) is 4.01. The third-order valence-corrected chi connectivity index (χ3v) is 4.89. The number of anilines is 1. The molecule has 1 N–H and O–H groups in total. The van der Waals surface area contributed by atoms with Gasteiger partial charge in [0.15, 0.2) is 5.17 Å². The molecule has 0 amide bonds. The first kappa shape index (κ1) is 16.2. The average molecular weight is 306 g/mol. The normalized spacial score (nSPS) is 23.3. The molecule has 0 aliphatic carbocycles. The molecular weight excluding hydrogens is 280 g/mol. The summed E-state index contributed by atoms with van der Waals surface area (Å²) in [5.74, 6) is 2.04. The van der Waals surface area contributed by atoms with Gasteiger partial charge in [-0.15, -0.1) is 0 Å². The molecule has 0 saturated heterocycles. The topological polar surface area (TPSA) is 33.6 Å². The van der Waals surface area contributed by atoms with Crippen molar-refractivity contribution in [2.75, 3.05) is 11.1 Å². The van der Waals surface area contributed by atoms with Crippen molar-refractivity contribution in [3.8, 4) is 5.75 Å². The number of nitrogens with one attached hydrogen (secondary N) is 1. The number of hydrogen-bond donors (Lipinski definition) is 1. The van der Waals surface area contributed by atoms with Crippen LogP contribution in [-0.2, 0) is 0 Å². The molecule has 0 fully saturated rings. The van der Waals surface area contributed by atoms with Crippen LogP contribution in [0.25, 0.3) is 0 Å². The van der Waals surface area contributed by atoms with Gasteiger partial charge in [0.05, 0.1) is 11.6 Å². The maximum atomic E-state index is 5.87. The van der Waals surface area contributed by atoms with E-state index in [4.69, 9.17) is 9.73 Å². The molecule has 0 radical (unpaired) electrons. The summed E-state index contributed by atoms with van der Waals surface area (Å²) in [6.45, 7) is 8.66. The number of amidine groups is 1. The van der Waals surface area contributed by atoms with Crippen molar-refractivity contribution in [2.45, 2.75) is 58.6 Å². The minimum atomic E-state index is 0.0818. The molecule has 1 heterocycles. The molecular formula is C17H26N2OS. The van der Waals surface area contributed by atoms with Crippen LogP contribution in [0.15, 0.2) is 29.3 Å². The summed E-state index contributed by atoms with van der Waals surface area (Å²) in [7, 11) is 0. The summed E-state index contributed by atoms with van der Waals surface area (Å²) >= 11 is 1.80. The van der Waals surface area contributed by atoms with Crippen LogP contribution in [0, 0.1) is 0 Å². The Labute approximate surface area is 132 Å². The number of nitrogens with zero attached hydrogens (tertiary/aromatic N) is 1. The highest BCUT2D eigenvalue weighted by Gasteiger charge is 2.25. The Morgan fingerprint density at radius 3 is 2.95 bits per heavy atom. The molecule has 0 aromatic heterocycles. The number of thioether (sulfide) groups is 1. The predicted octanol–water partition coefficient (Wildman–Crippen LogP) is 4.94. The first-order valence-electron chi connectivity index (χ1n) is 7.81. The fraction of sp³-hybridized carbons (Fsp3) is 0.588. The van der Waals surface area contributed by atoms with E-state index in [1.54, 1.807) is 11.8 Å². The molecule has 2 atom stereocenters. The Morgan fingerprint density at radius 1 is 1.43 bits per heavy atom. The Balaban J connectivity index is 2.07. The predicted molar refractivity (Wildman–Crippen MR) is 93.7 cm³/mol. The number of benzene rings is 1. The fourth-order valence-corrected chi connectivity index (χ4v) is 3.32. The average Bonchev–Trinajstić information content (AvgIpc) is 2.47. The van der Waals surface area contributed by atoms with E-state index in [0.29, 0.717) is 0 Å². The van der Waals surface area contributed by atoms with E-state index in [2.05, 4.69) is 39.1 Å². The highest BCUT2D eigenvalue weighted by atomic mass is 32.2. The summed E-state index contributed by atoms with van der Waals surface area (Å²) in [5, 5.41) is 4.45. The molecule has 1 aliphatic heterocycles. The molecule has 0 bridgehead atoms. The maximum Gasteiger partial charge on any atom is 0.161 e. The Hall–Kier alpha value is -1.16. The lowest BCUT2D eigenvalue weighted by atomic mass is 9.97. The van der Waals surface area contributed by atoms with Crippen LogP contribution in [-0.4, -0.2) is 22.6 Å². The zero-order chi connectivity index (χ0) is 15.3. The number of hydrogen-bond acceptors (Lipinski definition) is 4. The lowest BCUT2D eigenvalue weighted by molar-refractivity contribution is 0.217. The number of ether oxygens (including phenoxy) is 1. The van der Waals surface area contributed by atoms with Crippen LogP contribution in [0.1, 0.15) is 47.0 Å². The van der Waals surface area contributed by atoms with Gasteiger partial charge in [-0.25, -0.2) is 0 Å². The van der Waals surface area contributed by atoms with Gasteiger partial charge in [0.2, 0.25) is 0 Å². The molecule has 116 valence electrons. The van der Waals surface area contributed by atoms with Gasteiger partial charge < -0.3 is 10.1 Å². The van der Waals surface area contributed by atoms with Gasteiger partial charge >= 0.3 is 0 Å². The van der Waals surface area contributed by atoms with Gasteiger partial charge in [-0.05, 0) is 45.2 Å². The van der Waals surface area contributed by atoms with E-state index in [0.717, 1.165) is 41.6 Å². The van der Waals surface area contributed by atoms with E-state index >= 15 is 0 Å². The van der Waals surface area contributed by atoms with Crippen LogP contribution in [0.2, 0.25) is 0 Å². The summed E-state index contributed by atoms with van der Waals surface area (Å²) in [6, 6.07) is 8.13. The molecule has 0 saturated carbocycles. The van der Waals surface area contributed by atoms with E-state index in [1.807, 2.05) is 18.2 Å². The first-order chi connectivity index (χ1) is 10.0. The molecule has 1 aromatic rings. The largest absolute Gasteiger partial charge is 0.491 e. The zero-order valence-electron chi connectivity index (χ0n) is 13.5. The van der Waals surface area contributed by atoms with Crippen LogP contribution < -0.4 is 10.1 Å². The van der Waals surface area contributed by atoms with E-state index < -0.39 is 0 Å². The lowest BCUT2D eigenvalue weighted by Crippen LogP contribution is -2.29. The minimum absolute atomic E-state index is 0.0818. The summed E-state index contributed by atoms with van der Waals surface area (Å²) in [6.07, 6.45) is 3.48. The van der Waals surface area contributed by atoms with E-state index in [9.17, 15) is 0 Å². The Bertz CT molecular complexity index is 503. The molecule has 3 nitrogen and oxygen atoms in total. The summed E-state index contributed by atoms with van der Waals surface area (Å²) in [4.78, 5) is 4.86. The number of aliphatic imine (C=N–C) groups is 1. The highest BCUT2D eigenvalue weighted by Crippen LogP contribution is 2.30. The van der Waals surface area contributed by atoms with Gasteiger partial charge in [0.25, 0.3) is 0 Å². The molecule has 1 aromatic carbocycles. The smallest absolute Gasteiger partial charge is 0.161 e. The van der Waals surface area contributed by atoms with Gasteiger partial charge in [0.1, 0.15) is 5.75 Å².